The number of aryl methyl sites for hydroxylation is 2. The van der Waals surface area contributed by atoms with Gasteiger partial charge in [-0.05, 0) is 25.2 Å². The molecule has 1 aliphatic carbocycles. The summed E-state index contributed by atoms with van der Waals surface area (Å²) >= 11 is 0. The van der Waals surface area contributed by atoms with E-state index in [0.717, 1.165) is 37.1 Å². The maximum atomic E-state index is 12.6. The Kier molecular flexibility index (Phi) is 4.29. The van der Waals surface area contributed by atoms with Gasteiger partial charge in [0, 0.05) is 51.4 Å². The first kappa shape index (κ1) is 16.3. The minimum atomic E-state index is 0.122. The van der Waals surface area contributed by atoms with Crippen molar-refractivity contribution in [3.8, 4) is 0 Å². The molecule has 1 saturated carbocycles. The first-order valence-corrected chi connectivity index (χ1v) is 8.97. The predicted octanol–water partition coefficient (Wildman–Crippen LogP) is 0.780. The van der Waals surface area contributed by atoms with Crippen LogP contribution in [0.1, 0.15) is 43.0 Å². The average molecular weight is 343 g/mol. The fourth-order valence-corrected chi connectivity index (χ4v) is 3.86. The topological polar surface area (TPSA) is 80.9 Å². The zero-order chi connectivity index (χ0) is 17.4. The lowest BCUT2D eigenvalue weighted by atomic mass is 9.85. The number of hydrogen-bond donors (Lipinski definition) is 1. The third-order valence-electron chi connectivity index (χ3n) is 5.13. The van der Waals surface area contributed by atoms with E-state index in [1.165, 1.54) is 0 Å². The van der Waals surface area contributed by atoms with E-state index >= 15 is 0 Å². The van der Waals surface area contributed by atoms with Crippen LogP contribution in [-0.2, 0) is 25.4 Å². The van der Waals surface area contributed by atoms with Gasteiger partial charge in [-0.1, -0.05) is 0 Å². The van der Waals surface area contributed by atoms with Gasteiger partial charge in [-0.15, -0.1) is 0 Å². The van der Waals surface area contributed by atoms with E-state index in [4.69, 9.17) is 0 Å². The number of nitrogens with one attached hydrogen (secondary N) is 1. The van der Waals surface area contributed by atoms with Gasteiger partial charge in [0.2, 0.25) is 5.91 Å². The molecule has 0 spiro atoms. The monoisotopic (exact) mass is 343 g/mol. The molecule has 1 amide bonds. The molecule has 134 valence electrons. The Bertz CT molecular complexity index is 748. The summed E-state index contributed by atoms with van der Waals surface area (Å²) in [7, 11) is 3.75. The van der Waals surface area contributed by atoms with Crippen LogP contribution >= 0.6 is 0 Å². The average Bonchev–Trinajstić information content (AvgIpc) is 3.20. The van der Waals surface area contributed by atoms with Crippen LogP contribution in [0.15, 0.2) is 18.6 Å². The molecule has 0 bridgehead atoms. The normalized spacial score (nSPS) is 24.1. The molecule has 4 rings (SSSR count). The molecule has 0 aromatic carbocycles. The molecule has 8 nitrogen and oxygen atoms in total. The van der Waals surface area contributed by atoms with Crippen molar-refractivity contribution < 1.29 is 4.79 Å². The first-order chi connectivity index (χ1) is 12.1. The maximum absolute atomic E-state index is 12.6. The van der Waals surface area contributed by atoms with Gasteiger partial charge in [0.1, 0.15) is 0 Å². The predicted molar refractivity (Wildman–Crippen MR) is 91.3 cm³/mol. The molecular weight excluding hydrogens is 318 g/mol. The lowest BCUT2D eigenvalue weighted by Gasteiger charge is -2.41. The molecule has 25 heavy (non-hydrogen) atoms. The minimum Gasteiger partial charge on any atom is -0.332 e. The van der Waals surface area contributed by atoms with Crippen molar-refractivity contribution in [1.29, 1.82) is 0 Å². The Morgan fingerprint density at radius 1 is 1.20 bits per heavy atom. The largest absolute Gasteiger partial charge is 0.332 e. The Morgan fingerprint density at radius 2 is 2.04 bits per heavy atom. The zero-order valence-corrected chi connectivity index (χ0v) is 14.8. The molecule has 1 saturated heterocycles. The number of aromatic nitrogens is 5. The van der Waals surface area contributed by atoms with Crippen LogP contribution in [0.4, 0.5) is 0 Å². The van der Waals surface area contributed by atoms with E-state index < -0.39 is 0 Å². The van der Waals surface area contributed by atoms with Gasteiger partial charge < -0.3 is 10.2 Å². The molecule has 2 atom stereocenters. The Hall–Kier alpha value is -2.22. The van der Waals surface area contributed by atoms with Crippen LogP contribution in [0, 0.1) is 5.92 Å². The van der Waals surface area contributed by atoms with Gasteiger partial charge in [0.05, 0.1) is 24.1 Å². The van der Waals surface area contributed by atoms with Crippen molar-refractivity contribution >= 4 is 5.91 Å². The highest BCUT2D eigenvalue weighted by atomic mass is 16.2. The lowest BCUT2D eigenvalue weighted by Crippen LogP contribution is -2.46. The van der Waals surface area contributed by atoms with Gasteiger partial charge in [-0.3, -0.25) is 9.48 Å². The van der Waals surface area contributed by atoms with E-state index in [1.54, 1.807) is 11.0 Å². The molecule has 2 fully saturated rings. The van der Waals surface area contributed by atoms with Crippen molar-refractivity contribution in [3.63, 3.8) is 0 Å². The second-order valence-corrected chi connectivity index (χ2v) is 7.18. The van der Waals surface area contributed by atoms with Crippen LogP contribution in [-0.4, -0.2) is 48.2 Å². The summed E-state index contributed by atoms with van der Waals surface area (Å²) in [4.78, 5) is 16.3. The van der Waals surface area contributed by atoms with Crippen LogP contribution in [0.3, 0.4) is 0 Å². The third-order valence-corrected chi connectivity index (χ3v) is 5.13. The second-order valence-electron chi connectivity index (χ2n) is 7.18. The molecule has 0 unspecified atom stereocenters. The molecule has 2 aliphatic rings. The van der Waals surface area contributed by atoms with Crippen LogP contribution in [0.2, 0.25) is 0 Å². The number of hydrogen-bond acceptors (Lipinski definition) is 5. The summed E-state index contributed by atoms with van der Waals surface area (Å²) in [6.45, 7) is 1.55. The SMILES string of the molecule is Cn1cc([C@@H]2[C@@H](CNCc3cnn(C)n3)CCC(=O)N2C2CC2)cn1. The number of amides is 1. The second kappa shape index (κ2) is 6.59. The Balaban J connectivity index is 1.49. The van der Waals surface area contributed by atoms with Crippen LogP contribution in [0.25, 0.3) is 0 Å². The van der Waals surface area contributed by atoms with E-state index in [1.807, 2.05) is 31.2 Å². The number of nitrogens with zero attached hydrogens (tertiary/aromatic N) is 6. The Morgan fingerprint density at radius 3 is 2.68 bits per heavy atom. The highest BCUT2D eigenvalue weighted by Gasteiger charge is 2.44. The van der Waals surface area contributed by atoms with E-state index in [0.29, 0.717) is 30.8 Å². The van der Waals surface area contributed by atoms with Gasteiger partial charge in [-0.25, -0.2) is 0 Å². The molecule has 1 N–H and O–H groups in total. The lowest BCUT2D eigenvalue weighted by molar-refractivity contribution is -0.139. The quantitative estimate of drug-likeness (QED) is 0.838. The molecule has 3 heterocycles. The molecular formula is C17H25N7O. The smallest absolute Gasteiger partial charge is 0.223 e. The molecule has 2 aromatic rings. The summed E-state index contributed by atoms with van der Waals surface area (Å²) in [5.41, 5.74) is 2.08. The molecule has 2 aromatic heterocycles. The first-order valence-electron chi connectivity index (χ1n) is 8.97. The standard InChI is InChI=1S/C17H25N7O/c1-22-11-13(8-19-22)17-12(3-6-16(25)24(17)15-4-5-15)7-18-9-14-10-20-23(2)21-14/h8,10-12,15,17-18H,3-7,9H2,1-2H3/t12-,17+/m1/s1. The van der Waals surface area contributed by atoms with Crippen LogP contribution in [0.5, 0.6) is 0 Å². The highest BCUT2D eigenvalue weighted by molar-refractivity contribution is 5.78. The van der Waals surface area contributed by atoms with Gasteiger partial charge in [-0.2, -0.15) is 20.1 Å². The fraction of sp³-hybridized carbons (Fsp3) is 0.647. The van der Waals surface area contributed by atoms with E-state index in [2.05, 4.69) is 25.5 Å². The summed E-state index contributed by atoms with van der Waals surface area (Å²) in [6, 6.07) is 0.539. The summed E-state index contributed by atoms with van der Waals surface area (Å²) < 4.78 is 1.82. The highest BCUT2D eigenvalue weighted by Crippen LogP contribution is 2.43. The zero-order valence-electron chi connectivity index (χ0n) is 14.8. The Labute approximate surface area is 147 Å². The van der Waals surface area contributed by atoms with Gasteiger partial charge >= 0.3 is 0 Å². The fourth-order valence-electron chi connectivity index (χ4n) is 3.86. The summed E-state index contributed by atoms with van der Waals surface area (Å²) in [5.74, 6) is 0.681. The van der Waals surface area contributed by atoms with Crippen LogP contribution < -0.4 is 5.32 Å². The number of piperidine rings is 1. The molecule has 8 heteroatoms. The molecule has 1 aliphatic heterocycles. The third kappa shape index (κ3) is 3.44. The van der Waals surface area contributed by atoms with Crippen molar-refractivity contribution in [2.75, 3.05) is 6.54 Å². The van der Waals surface area contributed by atoms with E-state index in [9.17, 15) is 4.79 Å². The van der Waals surface area contributed by atoms with Gasteiger partial charge in [0.25, 0.3) is 0 Å². The van der Waals surface area contributed by atoms with Gasteiger partial charge in [0.15, 0.2) is 0 Å². The van der Waals surface area contributed by atoms with Crippen molar-refractivity contribution in [1.82, 2.24) is 35.0 Å². The van der Waals surface area contributed by atoms with Crippen molar-refractivity contribution in [3.05, 3.63) is 29.8 Å². The minimum absolute atomic E-state index is 0.122. The van der Waals surface area contributed by atoms with E-state index in [-0.39, 0.29) is 6.04 Å². The van der Waals surface area contributed by atoms with Crippen molar-refractivity contribution in [2.45, 2.75) is 44.3 Å². The summed E-state index contributed by atoms with van der Waals surface area (Å²) in [6.07, 6.45) is 9.56. The number of likely N-dealkylation sites (tertiary alicyclic amines) is 1. The summed E-state index contributed by atoms with van der Waals surface area (Å²) in [5, 5.41) is 16.2. The number of carbonyl (C=O) groups is 1. The maximum Gasteiger partial charge on any atom is 0.223 e. The number of carbonyl (C=O) groups excluding carboxylic acids is 1. The van der Waals surface area contributed by atoms with Crippen molar-refractivity contribution in [2.24, 2.45) is 20.0 Å². The molecule has 0 radical (unpaired) electrons. The number of rotatable bonds is 6.